The third-order valence-electron chi connectivity index (χ3n) is 19.5. The van der Waals surface area contributed by atoms with Gasteiger partial charge in [0.25, 0.3) is 0 Å². The van der Waals surface area contributed by atoms with Crippen molar-refractivity contribution in [3.05, 3.63) is 108 Å². The maximum Gasteiger partial charge on any atom is 1.00 e. The van der Waals surface area contributed by atoms with Crippen molar-refractivity contribution in [3.63, 3.8) is 0 Å². The van der Waals surface area contributed by atoms with Crippen molar-refractivity contribution in [1.82, 2.24) is 60.9 Å². The van der Waals surface area contributed by atoms with Gasteiger partial charge in [0, 0.05) is 143 Å². The topological polar surface area (TPSA) is 372 Å². The second-order valence-electron chi connectivity index (χ2n) is 34.1. The zero-order valence-electron chi connectivity index (χ0n) is 82.3. The van der Waals surface area contributed by atoms with Gasteiger partial charge in [-0.1, -0.05) is 96.2 Å². The van der Waals surface area contributed by atoms with Crippen molar-refractivity contribution in [2.45, 2.75) is 230 Å². The Morgan fingerprint density at radius 1 is 0.469 bits per heavy atom. The van der Waals surface area contributed by atoms with Crippen molar-refractivity contribution in [2.75, 3.05) is 141 Å². The summed E-state index contributed by atoms with van der Waals surface area (Å²) >= 11 is 4.72. The fourth-order valence-electron chi connectivity index (χ4n) is 13.1. The Kier molecular flexibility index (Phi) is 57.5. The first-order valence-corrected chi connectivity index (χ1v) is 45.2. The maximum absolute atomic E-state index is 13.4. The first-order valence-electron chi connectivity index (χ1n) is 44.8. The van der Waals surface area contributed by atoms with Gasteiger partial charge in [0.1, 0.15) is 11.2 Å². The smallest absolute Gasteiger partial charge is 1.00 e. The molecule has 726 valence electrons. The standard InChI is InChI=1S/C33H52N4O8.C30H48N4O6.C28H44N4O6.C3H5ClO2.K.H/c1-9-43-31(40)36-18-19-37(26(23-36)22-35(7)30(39)45-33(4,5)6)32(41)44-27-17-16-25(20-28(27)42-8)21-34-29(38)15-13-11-10-12-14-24(2)3;1-22(2)12-10-8-9-11-13-27(35)32-19-23-14-15-25(26(18-23)38-7)39-29(37)34-17-16-31-20-24(34)21-33(6)28(36)40-30(3,4)5;1-6-37-27(34)31-15-16-32(23(20-31)19-29-4)28(35)38-24-14-13-22(17-25(24)36-5)18-30-26(33)12-10-8-7-9-11-21(2)3;1-2-6-3(4)5;;/h12,14,16-17,20,24,26H,9-11,13,15,18-19,21-23H2,1-8H3,(H,34,38);10,12,14-15,18,22,24,31H,8-9,11,13,16-17,19-21H2,1-7H3,(H,32,35);9,11,13-14,17,21,23,29H,6-8,10,12,15-16,18-20H2,1-5H3,(H,30,33);2H2,1H3;;/q;;;;+1;-1/b14-12+;12-10+;11-9+;;;. The maximum atomic E-state index is 13.4. The molecule has 3 saturated heterocycles. The fourth-order valence-corrected chi connectivity index (χ4v) is 13.2. The third kappa shape index (κ3) is 48.3. The SMILES string of the molecule is CCOC(=O)Cl.CCOC(=O)N1CCN(C(=O)Oc2ccc(CNC(=O)CCCC/C=C/C(C)C)cc2OC)C(CN(C)C(=O)OC(C)(C)C)C1.CCOC(=O)N1CCN(C(=O)Oc2ccc(CNC(=O)CCCC/C=C/C(C)C)cc2OC)C(CNC)C1.COc1cc(CNC(=O)CCCC/C=C/C(C)C)ccc1OC(=O)N1CCNCC1CN(C)C(=O)OC(C)(C)C.[H-].[K+]. The molecular weight excluding hydrogens is 1720 g/mol. The van der Waals surface area contributed by atoms with Crippen LogP contribution >= 0.6 is 11.6 Å². The first kappa shape index (κ1) is 117. The number of hydrogen-bond acceptors (Lipinski definition) is 24. The quantitative estimate of drug-likeness (QED) is 0.0116. The molecule has 0 aromatic heterocycles. The first-order chi connectivity index (χ1) is 61.2. The van der Waals surface area contributed by atoms with E-state index in [2.05, 4.69) is 109 Å². The number of nitrogens with zero attached hydrogens (tertiary/aromatic N) is 7. The molecule has 3 unspecified atom stereocenters. The molecule has 3 fully saturated rings. The number of amides is 10. The number of nitrogens with one attached hydrogen (secondary N) is 5. The van der Waals surface area contributed by atoms with E-state index in [1.54, 1.807) is 132 Å². The number of piperazine rings is 3. The molecule has 5 N–H and O–H groups in total. The van der Waals surface area contributed by atoms with Crippen LogP contribution in [0.4, 0.5) is 38.4 Å². The van der Waals surface area contributed by atoms with Gasteiger partial charge in [-0.2, -0.15) is 0 Å². The number of ether oxygens (including phenoxy) is 11. The van der Waals surface area contributed by atoms with Gasteiger partial charge in [-0.25, -0.2) is 38.4 Å². The monoisotopic (exact) mass is 1870 g/mol. The largest absolute Gasteiger partial charge is 1.00 e. The van der Waals surface area contributed by atoms with E-state index in [1.165, 1.54) is 40.9 Å². The molecule has 6 rings (SSSR count). The number of allylic oxidation sites excluding steroid dienone is 6. The van der Waals surface area contributed by atoms with Crippen LogP contribution in [0.15, 0.2) is 91.1 Å². The van der Waals surface area contributed by atoms with E-state index in [1.807, 2.05) is 20.8 Å². The molecule has 0 aliphatic carbocycles. The molecule has 34 nitrogen and oxygen atoms in total. The van der Waals surface area contributed by atoms with E-state index in [0.717, 1.165) is 74.5 Å². The average molecular weight is 1870 g/mol. The van der Waals surface area contributed by atoms with Gasteiger partial charge in [-0.3, -0.25) is 19.3 Å². The molecule has 10 amide bonds. The number of likely N-dealkylation sites (N-methyl/N-ethyl adjacent to an activating group) is 3. The van der Waals surface area contributed by atoms with E-state index in [-0.39, 0.29) is 139 Å². The van der Waals surface area contributed by atoms with Gasteiger partial charge < -0.3 is 110 Å². The summed E-state index contributed by atoms with van der Waals surface area (Å²) in [4.78, 5) is 146. The van der Waals surface area contributed by atoms with E-state index in [4.69, 9.17) is 59.0 Å². The van der Waals surface area contributed by atoms with E-state index < -0.39 is 59.2 Å². The van der Waals surface area contributed by atoms with Crippen LogP contribution in [0.25, 0.3) is 0 Å². The molecule has 130 heavy (non-hydrogen) atoms. The van der Waals surface area contributed by atoms with Crippen molar-refractivity contribution in [2.24, 2.45) is 17.8 Å². The summed E-state index contributed by atoms with van der Waals surface area (Å²) < 4.78 is 58.9. The van der Waals surface area contributed by atoms with Gasteiger partial charge in [0.15, 0.2) is 34.5 Å². The van der Waals surface area contributed by atoms with Crippen LogP contribution in [-0.2, 0) is 57.7 Å². The molecule has 3 atom stereocenters. The summed E-state index contributed by atoms with van der Waals surface area (Å²) in [6.07, 6.45) is 19.3. The molecule has 3 aliphatic rings. The number of rotatable bonds is 39. The molecule has 36 heteroatoms. The Labute approximate surface area is 820 Å². The zero-order chi connectivity index (χ0) is 96.2. The van der Waals surface area contributed by atoms with Crippen molar-refractivity contribution in [1.29, 1.82) is 0 Å². The van der Waals surface area contributed by atoms with Crippen LogP contribution in [0, 0.1) is 17.8 Å². The molecule has 0 spiro atoms. The third-order valence-corrected chi connectivity index (χ3v) is 19.6. The van der Waals surface area contributed by atoms with Crippen molar-refractivity contribution >= 4 is 77.4 Å². The summed E-state index contributed by atoms with van der Waals surface area (Å²) in [5.74, 6) is 3.53. The second-order valence-corrected chi connectivity index (χ2v) is 34.4. The zero-order valence-corrected chi connectivity index (χ0v) is 85.2. The molecule has 0 saturated carbocycles. The minimum Gasteiger partial charge on any atom is -1.00 e. The summed E-state index contributed by atoms with van der Waals surface area (Å²) in [6, 6.07) is 14.4. The van der Waals surface area contributed by atoms with Gasteiger partial charge in [0.2, 0.25) is 17.7 Å². The van der Waals surface area contributed by atoms with E-state index >= 15 is 0 Å². The number of methoxy groups -OCH3 is 3. The van der Waals surface area contributed by atoms with Gasteiger partial charge in [0.05, 0.1) is 59.3 Å². The summed E-state index contributed by atoms with van der Waals surface area (Å²) in [5.41, 5.74) is 0.432. The number of benzene rings is 3. The van der Waals surface area contributed by atoms with Crippen LogP contribution in [0.5, 0.6) is 34.5 Å². The predicted octanol–water partition coefficient (Wildman–Crippen LogP) is 12.8. The minimum absolute atomic E-state index is 0. The van der Waals surface area contributed by atoms with Crippen molar-refractivity contribution in [3.8, 4) is 34.5 Å². The van der Waals surface area contributed by atoms with Gasteiger partial charge in [-0.05, 0) is 198 Å². The Hall–Kier alpha value is -9.10. The number of halogens is 1. The Balaban J connectivity index is 0.000000946. The van der Waals surface area contributed by atoms with Crippen LogP contribution in [0.1, 0.15) is 199 Å². The normalized spacial score (nSPS) is 15.0. The Morgan fingerprint density at radius 3 is 1.11 bits per heavy atom. The summed E-state index contributed by atoms with van der Waals surface area (Å²) in [5, 5.41) is 15.1. The molecular formula is C94H150ClKN12O22. The predicted molar refractivity (Wildman–Crippen MR) is 497 cm³/mol. The van der Waals surface area contributed by atoms with Crippen LogP contribution in [0.2, 0.25) is 0 Å². The van der Waals surface area contributed by atoms with Crippen LogP contribution < -0.4 is 106 Å². The molecule has 3 aromatic carbocycles. The van der Waals surface area contributed by atoms with Crippen LogP contribution in [0.3, 0.4) is 0 Å². The number of carbonyl (C=O) groups is 11. The summed E-state index contributed by atoms with van der Waals surface area (Å²) in [7, 11) is 9.50. The summed E-state index contributed by atoms with van der Waals surface area (Å²) in [6.45, 7) is 34.7. The van der Waals surface area contributed by atoms with Gasteiger partial charge >= 0.3 is 99.5 Å². The number of carbonyl (C=O) groups excluding carboxylic acids is 11. The molecule has 3 aliphatic heterocycles. The molecule has 0 bridgehead atoms. The van der Waals surface area contributed by atoms with E-state index in [9.17, 15) is 52.7 Å². The van der Waals surface area contributed by atoms with Gasteiger partial charge in [-0.15, -0.1) is 0 Å². The number of unbranched alkanes of at least 4 members (excludes halogenated alkanes) is 6. The molecule has 3 aromatic rings. The van der Waals surface area contributed by atoms with E-state index in [0.29, 0.717) is 139 Å². The second kappa shape index (κ2) is 63.9. The fraction of sp³-hybridized carbons (Fsp3) is 0.628. The Bertz CT molecular complexity index is 4050. The average Bonchev–Trinajstić information content (AvgIpc) is 0.811. The van der Waals surface area contributed by atoms with Crippen LogP contribution in [-0.4, -0.2) is 270 Å². The molecule has 3 heterocycles. The Morgan fingerprint density at radius 2 is 0.800 bits per heavy atom. The molecule has 0 radical (unpaired) electrons. The number of hydrogen-bond donors (Lipinski definition) is 5. The van der Waals surface area contributed by atoms with Crippen molar-refractivity contribution < 1.29 is 158 Å². The minimum atomic E-state index is -0.738.